The van der Waals surface area contributed by atoms with Crippen molar-refractivity contribution in [3.8, 4) is 0 Å². The first-order valence-corrected chi connectivity index (χ1v) is 8.05. The van der Waals surface area contributed by atoms with E-state index >= 15 is 0 Å². The van der Waals surface area contributed by atoms with Crippen molar-refractivity contribution in [1.82, 2.24) is 10.2 Å². The van der Waals surface area contributed by atoms with Gasteiger partial charge in [0.25, 0.3) is 0 Å². The van der Waals surface area contributed by atoms with Gasteiger partial charge >= 0.3 is 0 Å². The Hall–Kier alpha value is -1.55. The van der Waals surface area contributed by atoms with Gasteiger partial charge in [0.05, 0.1) is 0 Å². The molecule has 22 heavy (non-hydrogen) atoms. The summed E-state index contributed by atoms with van der Waals surface area (Å²) in [4.78, 5) is 13.8. The molecule has 124 valence electrons. The van der Waals surface area contributed by atoms with Crippen molar-refractivity contribution in [1.29, 1.82) is 0 Å². The molecule has 1 amide bonds. The molecule has 0 atom stereocenters. The van der Waals surface area contributed by atoms with Crippen molar-refractivity contribution < 1.29 is 4.79 Å². The van der Waals surface area contributed by atoms with E-state index in [0.29, 0.717) is 13.0 Å². The molecule has 1 aromatic rings. The van der Waals surface area contributed by atoms with E-state index < -0.39 is 0 Å². The van der Waals surface area contributed by atoms with E-state index in [1.165, 1.54) is 5.56 Å². The second kappa shape index (κ2) is 8.79. The van der Waals surface area contributed by atoms with Crippen molar-refractivity contribution in [3.05, 3.63) is 29.8 Å². The SMILES string of the molecule is CN(C)CCCNC(=O)CCNc1ccc(C(C)(C)C)cc1. The first kappa shape index (κ1) is 18.5. The molecule has 2 N–H and O–H groups in total. The van der Waals surface area contributed by atoms with Gasteiger partial charge in [0, 0.05) is 25.2 Å². The van der Waals surface area contributed by atoms with Crippen molar-refractivity contribution in [2.45, 2.75) is 39.0 Å². The maximum Gasteiger partial charge on any atom is 0.221 e. The molecule has 4 nitrogen and oxygen atoms in total. The number of amides is 1. The maximum absolute atomic E-state index is 11.7. The number of anilines is 1. The average molecular weight is 305 g/mol. The van der Waals surface area contributed by atoms with Gasteiger partial charge in [0.1, 0.15) is 0 Å². The normalized spacial score (nSPS) is 11.5. The Morgan fingerprint density at radius 1 is 1.09 bits per heavy atom. The van der Waals surface area contributed by atoms with Crippen molar-refractivity contribution in [3.63, 3.8) is 0 Å². The third-order valence-electron chi connectivity index (χ3n) is 3.54. The van der Waals surface area contributed by atoms with Crippen LogP contribution in [0, 0.1) is 0 Å². The maximum atomic E-state index is 11.7. The Kier molecular flexibility index (Phi) is 7.39. The highest BCUT2D eigenvalue weighted by molar-refractivity contribution is 5.76. The van der Waals surface area contributed by atoms with Gasteiger partial charge in [-0.1, -0.05) is 32.9 Å². The van der Waals surface area contributed by atoms with Crippen LogP contribution in [-0.2, 0) is 10.2 Å². The predicted molar refractivity (Wildman–Crippen MR) is 94.4 cm³/mol. The van der Waals surface area contributed by atoms with Gasteiger partial charge < -0.3 is 15.5 Å². The molecule has 0 saturated heterocycles. The lowest BCUT2D eigenvalue weighted by atomic mass is 9.87. The molecular weight excluding hydrogens is 274 g/mol. The van der Waals surface area contributed by atoms with E-state index in [0.717, 1.165) is 25.2 Å². The highest BCUT2D eigenvalue weighted by atomic mass is 16.1. The lowest BCUT2D eigenvalue weighted by Crippen LogP contribution is -2.28. The summed E-state index contributed by atoms with van der Waals surface area (Å²) in [5.41, 5.74) is 2.55. The number of hydrogen-bond acceptors (Lipinski definition) is 3. The molecule has 0 heterocycles. The zero-order chi connectivity index (χ0) is 16.6. The summed E-state index contributed by atoms with van der Waals surface area (Å²) < 4.78 is 0. The topological polar surface area (TPSA) is 44.4 Å². The van der Waals surface area contributed by atoms with Gasteiger partial charge in [-0.15, -0.1) is 0 Å². The molecule has 4 heteroatoms. The minimum absolute atomic E-state index is 0.109. The van der Waals surface area contributed by atoms with Crippen LogP contribution in [0.4, 0.5) is 5.69 Å². The van der Waals surface area contributed by atoms with Gasteiger partial charge in [-0.25, -0.2) is 0 Å². The summed E-state index contributed by atoms with van der Waals surface area (Å²) in [6.45, 7) is 9.02. The fraction of sp³-hybridized carbons (Fsp3) is 0.611. The molecule has 0 spiro atoms. The Bertz CT molecular complexity index is 446. The van der Waals surface area contributed by atoms with Crippen LogP contribution in [0.15, 0.2) is 24.3 Å². The summed E-state index contributed by atoms with van der Waals surface area (Å²) in [7, 11) is 4.08. The van der Waals surface area contributed by atoms with E-state index in [-0.39, 0.29) is 11.3 Å². The molecule has 0 aromatic heterocycles. The molecule has 0 radical (unpaired) electrons. The van der Waals surface area contributed by atoms with Gasteiger partial charge in [0.2, 0.25) is 5.91 Å². The summed E-state index contributed by atoms with van der Waals surface area (Å²) in [6.07, 6.45) is 1.49. The van der Waals surface area contributed by atoms with Crippen LogP contribution in [0.25, 0.3) is 0 Å². The Balaban J connectivity index is 2.22. The van der Waals surface area contributed by atoms with Crippen LogP contribution in [0.3, 0.4) is 0 Å². The molecule has 0 aliphatic heterocycles. The number of benzene rings is 1. The fourth-order valence-electron chi connectivity index (χ4n) is 2.12. The lowest BCUT2D eigenvalue weighted by molar-refractivity contribution is -0.120. The standard InChI is InChI=1S/C18H31N3O/c1-18(2,3)15-7-9-16(10-8-15)19-13-11-17(22)20-12-6-14-21(4)5/h7-10,19H,6,11-14H2,1-5H3,(H,20,22). The Labute approximate surface area is 135 Å². The van der Waals surface area contributed by atoms with Crippen molar-refractivity contribution in [2.75, 3.05) is 39.0 Å². The van der Waals surface area contributed by atoms with Crippen molar-refractivity contribution >= 4 is 11.6 Å². The first-order chi connectivity index (χ1) is 10.3. The van der Waals surface area contributed by atoms with Crippen LogP contribution in [0.5, 0.6) is 0 Å². The molecule has 0 aliphatic rings. The van der Waals surface area contributed by atoms with Crippen LogP contribution in [0.2, 0.25) is 0 Å². The molecular formula is C18H31N3O. The van der Waals surface area contributed by atoms with Crippen LogP contribution in [-0.4, -0.2) is 44.5 Å². The molecule has 0 saturated carbocycles. The summed E-state index contributed by atoms with van der Waals surface area (Å²) >= 11 is 0. The van der Waals surface area contributed by atoms with E-state index in [4.69, 9.17) is 0 Å². The number of carbonyl (C=O) groups is 1. The minimum atomic E-state index is 0.109. The quantitative estimate of drug-likeness (QED) is 0.726. The molecule has 1 aromatic carbocycles. The molecule has 0 unspecified atom stereocenters. The number of nitrogens with one attached hydrogen (secondary N) is 2. The van der Waals surface area contributed by atoms with E-state index in [1.807, 2.05) is 14.1 Å². The van der Waals surface area contributed by atoms with E-state index in [2.05, 4.69) is 60.6 Å². The predicted octanol–water partition coefficient (Wildman–Crippen LogP) is 2.85. The fourth-order valence-corrected chi connectivity index (χ4v) is 2.12. The molecule has 0 bridgehead atoms. The summed E-state index contributed by atoms with van der Waals surface area (Å²) in [6, 6.07) is 8.44. The van der Waals surface area contributed by atoms with Crippen molar-refractivity contribution in [2.24, 2.45) is 0 Å². The summed E-state index contributed by atoms with van der Waals surface area (Å²) in [5, 5.41) is 6.24. The third kappa shape index (κ3) is 7.46. The average Bonchev–Trinajstić information content (AvgIpc) is 2.43. The second-order valence-electron chi connectivity index (χ2n) is 7.01. The first-order valence-electron chi connectivity index (χ1n) is 8.05. The minimum Gasteiger partial charge on any atom is -0.385 e. The lowest BCUT2D eigenvalue weighted by Gasteiger charge is -2.19. The largest absolute Gasteiger partial charge is 0.385 e. The number of carbonyl (C=O) groups excluding carboxylic acids is 1. The van der Waals surface area contributed by atoms with Gasteiger partial charge in [0.15, 0.2) is 0 Å². The highest BCUT2D eigenvalue weighted by Crippen LogP contribution is 2.23. The number of nitrogens with zero attached hydrogens (tertiary/aromatic N) is 1. The second-order valence-corrected chi connectivity index (χ2v) is 7.01. The van der Waals surface area contributed by atoms with Crippen LogP contribution >= 0.6 is 0 Å². The molecule has 0 fully saturated rings. The molecule has 1 rings (SSSR count). The van der Waals surface area contributed by atoms with Gasteiger partial charge in [-0.2, -0.15) is 0 Å². The summed E-state index contributed by atoms with van der Waals surface area (Å²) in [5.74, 6) is 0.109. The smallest absolute Gasteiger partial charge is 0.221 e. The third-order valence-corrected chi connectivity index (χ3v) is 3.54. The number of rotatable bonds is 8. The monoisotopic (exact) mass is 305 g/mol. The van der Waals surface area contributed by atoms with E-state index in [1.54, 1.807) is 0 Å². The zero-order valence-electron chi connectivity index (χ0n) is 14.7. The Morgan fingerprint density at radius 2 is 1.73 bits per heavy atom. The number of hydrogen-bond donors (Lipinski definition) is 2. The van der Waals surface area contributed by atoms with Crippen LogP contribution < -0.4 is 10.6 Å². The highest BCUT2D eigenvalue weighted by Gasteiger charge is 2.12. The molecule has 0 aliphatic carbocycles. The Morgan fingerprint density at radius 3 is 2.27 bits per heavy atom. The zero-order valence-corrected chi connectivity index (χ0v) is 14.7. The van der Waals surface area contributed by atoms with Gasteiger partial charge in [-0.3, -0.25) is 4.79 Å². The van der Waals surface area contributed by atoms with E-state index in [9.17, 15) is 4.79 Å². The van der Waals surface area contributed by atoms with Gasteiger partial charge in [-0.05, 0) is 50.2 Å². The van der Waals surface area contributed by atoms with Crippen LogP contribution in [0.1, 0.15) is 39.2 Å².